The summed E-state index contributed by atoms with van der Waals surface area (Å²) in [6.07, 6.45) is 2.36. The molecule has 0 amide bonds. The molecule has 0 fully saturated rings. The van der Waals surface area contributed by atoms with Crippen molar-refractivity contribution >= 4 is 34.2 Å². The normalized spacial score (nSPS) is 10.6. The van der Waals surface area contributed by atoms with Crippen molar-refractivity contribution in [1.29, 1.82) is 0 Å². The SMILES string of the molecule is Fc1cccc(CNCCCCI)c1Cl. The van der Waals surface area contributed by atoms with Crippen molar-refractivity contribution in [2.24, 2.45) is 0 Å². The second-order valence-electron chi connectivity index (χ2n) is 3.29. The molecule has 1 aromatic rings. The Labute approximate surface area is 109 Å². The van der Waals surface area contributed by atoms with E-state index in [4.69, 9.17) is 11.6 Å². The number of rotatable bonds is 6. The molecule has 0 saturated carbocycles. The zero-order chi connectivity index (χ0) is 11.1. The minimum absolute atomic E-state index is 0.235. The van der Waals surface area contributed by atoms with E-state index in [0.29, 0.717) is 6.54 Å². The Kier molecular flexibility index (Phi) is 6.52. The highest BCUT2D eigenvalue weighted by atomic mass is 127. The van der Waals surface area contributed by atoms with Gasteiger partial charge >= 0.3 is 0 Å². The molecule has 0 atom stereocenters. The van der Waals surface area contributed by atoms with Gasteiger partial charge in [-0.3, -0.25) is 0 Å². The van der Waals surface area contributed by atoms with Crippen LogP contribution in [0.25, 0.3) is 0 Å². The Morgan fingerprint density at radius 1 is 1.33 bits per heavy atom. The Morgan fingerprint density at radius 3 is 2.87 bits per heavy atom. The van der Waals surface area contributed by atoms with Gasteiger partial charge in [0.2, 0.25) is 0 Å². The quantitative estimate of drug-likeness (QED) is 0.472. The molecule has 0 heterocycles. The molecule has 0 saturated heterocycles. The molecule has 1 aromatic carbocycles. The monoisotopic (exact) mass is 341 g/mol. The summed E-state index contributed by atoms with van der Waals surface area (Å²) < 4.78 is 14.2. The van der Waals surface area contributed by atoms with Crippen molar-refractivity contribution in [3.63, 3.8) is 0 Å². The van der Waals surface area contributed by atoms with Gasteiger partial charge in [-0.1, -0.05) is 46.3 Å². The molecule has 0 aliphatic carbocycles. The lowest BCUT2D eigenvalue weighted by atomic mass is 10.2. The van der Waals surface area contributed by atoms with Gasteiger partial charge in [-0.15, -0.1) is 0 Å². The molecule has 15 heavy (non-hydrogen) atoms. The van der Waals surface area contributed by atoms with E-state index in [9.17, 15) is 4.39 Å². The summed E-state index contributed by atoms with van der Waals surface area (Å²) in [5, 5.41) is 3.49. The molecular weight excluding hydrogens is 327 g/mol. The predicted octanol–water partition coefficient (Wildman–Crippen LogP) is 3.78. The van der Waals surface area contributed by atoms with Gasteiger partial charge < -0.3 is 5.32 Å². The van der Waals surface area contributed by atoms with Crippen molar-refractivity contribution in [1.82, 2.24) is 5.32 Å². The standard InChI is InChI=1S/C11H14ClFIN/c12-11-9(4-3-5-10(11)13)8-15-7-2-1-6-14/h3-5,15H,1-2,6-8H2. The van der Waals surface area contributed by atoms with Gasteiger partial charge in [-0.05, 0) is 35.4 Å². The molecule has 0 bridgehead atoms. The average Bonchev–Trinajstić information content (AvgIpc) is 2.24. The molecule has 4 heteroatoms. The highest BCUT2D eigenvalue weighted by Gasteiger charge is 2.04. The zero-order valence-electron chi connectivity index (χ0n) is 8.40. The van der Waals surface area contributed by atoms with Crippen molar-refractivity contribution < 1.29 is 4.39 Å². The van der Waals surface area contributed by atoms with Crippen LogP contribution in [0.15, 0.2) is 18.2 Å². The topological polar surface area (TPSA) is 12.0 Å². The van der Waals surface area contributed by atoms with E-state index in [1.54, 1.807) is 6.07 Å². The smallest absolute Gasteiger partial charge is 0.142 e. The molecule has 1 rings (SSSR count). The number of nitrogens with one attached hydrogen (secondary N) is 1. The third-order valence-electron chi connectivity index (χ3n) is 2.08. The number of unbranched alkanes of at least 4 members (excludes halogenated alkanes) is 1. The Morgan fingerprint density at radius 2 is 2.13 bits per heavy atom. The first-order chi connectivity index (χ1) is 7.25. The first kappa shape index (κ1) is 13.2. The third kappa shape index (κ3) is 4.66. The van der Waals surface area contributed by atoms with E-state index in [-0.39, 0.29) is 10.8 Å². The molecule has 0 spiro atoms. The number of halogens is 3. The summed E-state index contributed by atoms with van der Waals surface area (Å²) >= 11 is 8.18. The Balaban J connectivity index is 2.34. The molecule has 84 valence electrons. The minimum Gasteiger partial charge on any atom is -0.313 e. The van der Waals surface area contributed by atoms with Crippen molar-refractivity contribution in [3.8, 4) is 0 Å². The second-order valence-corrected chi connectivity index (χ2v) is 4.74. The van der Waals surface area contributed by atoms with Gasteiger partial charge in [-0.25, -0.2) is 4.39 Å². The fourth-order valence-electron chi connectivity index (χ4n) is 1.25. The number of hydrogen-bond donors (Lipinski definition) is 1. The number of benzene rings is 1. The minimum atomic E-state index is -0.344. The van der Waals surface area contributed by atoms with Crippen LogP contribution in [0, 0.1) is 5.82 Å². The molecule has 1 nitrogen and oxygen atoms in total. The highest BCUT2D eigenvalue weighted by Crippen LogP contribution is 2.19. The van der Waals surface area contributed by atoms with Crippen LogP contribution in [0.2, 0.25) is 5.02 Å². The van der Waals surface area contributed by atoms with Crippen molar-refractivity contribution in [2.45, 2.75) is 19.4 Å². The highest BCUT2D eigenvalue weighted by molar-refractivity contribution is 14.1. The van der Waals surface area contributed by atoms with Gasteiger partial charge in [0.1, 0.15) is 5.82 Å². The lowest BCUT2D eigenvalue weighted by Gasteiger charge is -2.06. The molecule has 0 aromatic heterocycles. The summed E-state index contributed by atoms with van der Waals surface area (Å²) in [7, 11) is 0. The summed E-state index contributed by atoms with van der Waals surface area (Å²) in [4.78, 5) is 0. The van der Waals surface area contributed by atoms with E-state index in [1.165, 1.54) is 16.9 Å². The molecule has 0 unspecified atom stereocenters. The van der Waals surface area contributed by atoms with E-state index in [1.807, 2.05) is 6.07 Å². The van der Waals surface area contributed by atoms with Crippen LogP contribution >= 0.6 is 34.2 Å². The van der Waals surface area contributed by atoms with Crippen molar-refractivity contribution in [3.05, 3.63) is 34.6 Å². The summed E-state index contributed by atoms with van der Waals surface area (Å²) in [6.45, 7) is 1.59. The zero-order valence-corrected chi connectivity index (χ0v) is 11.3. The van der Waals surface area contributed by atoms with Crippen LogP contribution in [0.3, 0.4) is 0 Å². The van der Waals surface area contributed by atoms with Crippen LogP contribution < -0.4 is 5.32 Å². The van der Waals surface area contributed by atoms with Crippen LogP contribution in [0.5, 0.6) is 0 Å². The lowest BCUT2D eigenvalue weighted by molar-refractivity contribution is 0.615. The van der Waals surface area contributed by atoms with Crippen LogP contribution in [-0.4, -0.2) is 11.0 Å². The predicted molar refractivity (Wildman–Crippen MR) is 71.2 cm³/mol. The van der Waals surface area contributed by atoms with Gasteiger partial charge in [0.25, 0.3) is 0 Å². The molecule has 0 radical (unpaired) electrons. The fourth-order valence-corrected chi connectivity index (χ4v) is 1.98. The molecule has 1 N–H and O–H groups in total. The first-order valence-electron chi connectivity index (χ1n) is 4.95. The Hall–Kier alpha value is 0.130. The van der Waals surface area contributed by atoms with Crippen LogP contribution in [-0.2, 0) is 6.54 Å². The molecular formula is C11H14ClFIN. The van der Waals surface area contributed by atoms with E-state index >= 15 is 0 Å². The fraction of sp³-hybridized carbons (Fsp3) is 0.455. The van der Waals surface area contributed by atoms with Crippen LogP contribution in [0.1, 0.15) is 18.4 Å². The van der Waals surface area contributed by atoms with Crippen molar-refractivity contribution in [2.75, 3.05) is 11.0 Å². The maximum absolute atomic E-state index is 13.0. The van der Waals surface area contributed by atoms with Gasteiger partial charge in [-0.2, -0.15) is 0 Å². The van der Waals surface area contributed by atoms with E-state index < -0.39 is 0 Å². The van der Waals surface area contributed by atoms with Crippen LogP contribution in [0.4, 0.5) is 4.39 Å². The van der Waals surface area contributed by atoms with Gasteiger partial charge in [0, 0.05) is 6.54 Å². The lowest BCUT2D eigenvalue weighted by Crippen LogP contribution is -2.15. The number of hydrogen-bond acceptors (Lipinski definition) is 1. The maximum Gasteiger partial charge on any atom is 0.142 e. The van der Waals surface area contributed by atoms with E-state index in [2.05, 4.69) is 27.9 Å². The largest absolute Gasteiger partial charge is 0.313 e. The molecule has 0 aliphatic rings. The van der Waals surface area contributed by atoms with E-state index in [0.717, 1.165) is 18.5 Å². The van der Waals surface area contributed by atoms with Gasteiger partial charge in [0.15, 0.2) is 0 Å². The maximum atomic E-state index is 13.0. The first-order valence-corrected chi connectivity index (χ1v) is 6.85. The summed E-state index contributed by atoms with van der Waals surface area (Å²) in [5.74, 6) is -0.344. The Bertz CT molecular complexity index is 307. The summed E-state index contributed by atoms with van der Waals surface area (Å²) in [6, 6.07) is 4.90. The second kappa shape index (κ2) is 7.41. The average molecular weight is 342 g/mol. The third-order valence-corrected chi connectivity index (χ3v) is 3.27. The molecule has 0 aliphatic heterocycles. The van der Waals surface area contributed by atoms with Gasteiger partial charge in [0.05, 0.1) is 5.02 Å². The summed E-state index contributed by atoms with van der Waals surface area (Å²) in [5.41, 5.74) is 0.825. The number of alkyl halides is 1.